The number of fused-ring (bicyclic) bond motifs is 1. The standard InChI is InChI=1S/C22H21N7O3S/c1-14-4-6-16(7-5-14)31-22(30)32-29-11-9-28(10-12-29)18-17-20(27-21(23)26-18)33-19(25-17)15-3-2-8-24-13-15/h2-8,13H,9-12H2,1H3,(H2,23,26,27). The fourth-order valence-electron chi connectivity index (χ4n) is 3.47. The molecule has 4 aromatic rings. The van der Waals surface area contributed by atoms with Crippen molar-refractivity contribution in [2.75, 3.05) is 36.8 Å². The number of benzene rings is 1. The third-order valence-electron chi connectivity index (χ3n) is 5.13. The molecule has 11 heteroatoms. The highest BCUT2D eigenvalue weighted by molar-refractivity contribution is 7.21. The second-order valence-corrected chi connectivity index (χ2v) is 8.47. The Morgan fingerprint density at radius 1 is 1.06 bits per heavy atom. The molecular formula is C22H21N7O3S. The molecule has 0 atom stereocenters. The van der Waals surface area contributed by atoms with Crippen LogP contribution in [0.3, 0.4) is 0 Å². The van der Waals surface area contributed by atoms with Gasteiger partial charge in [0.25, 0.3) is 0 Å². The Bertz CT molecular complexity index is 1270. The highest BCUT2D eigenvalue weighted by Gasteiger charge is 2.25. The molecule has 0 aliphatic carbocycles. The second-order valence-electron chi connectivity index (χ2n) is 7.49. The Morgan fingerprint density at radius 2 is 1.85 bits per heavy atom. The Balaban J connectivity index is 1.26. The predicted octanol–water partition coefficient (Wildman–Crippen LogP) is 3.29. The summed E-state index contributed by atoms with van der Waals surface area (Å²) < 4.78 is 5.23. The van der Waals surface area contributed by atoms with E-state index in [0.29, 0.717) is 43.3 Å². The van der Waals surface area contributed by atoms with Crippen molar-refractivity contribution in [2.45, 2.75) is 6.92 Å². The zero-order valence-electron chi connectivity index (χ0n) is 17.8. The van der Waals surface area contributed by atoms with Crippen LogP contribution in [-0.2, 0) is 4.84 Å². The van der Waals surface area contributed by atoms with Gasteiger partial charge in [0, 0.05) is 31.0 Å². The lowest BCUT2D eigenvalue weighted by Crippen LogP contribution is -2.47. The molecular weight excluding hydrogens is 442 g/mol. The molecule has 1 aliphatic heterocycles. The average molecular weight is 464 g/mol. The summed E-state index contributed by atoms with van der Waals surface area (Å²) in [4.78, 5) is 38.0. The van der Waals surface area contributed by atoms with E-state index in [4.69, 9.17) is 20.3 Å². The largest absolute Gasteiger partial charge is 0.533 e. The molecule has 0 bridgehead atoms. The van der Waals surface area contributed by atoms with Gasteiger partial charge >= 0.3 is 6.16 Å². The first-order valence-electron chi connectivity index (χ1n) is 10.4. The number of aryl methyl sites for hydroxylation is 1. The first-order chi connectivity index (χ1) is 16.0. The molecule has 168 valence electrons. The zero-order chi connectivity index (χ0) is 22.8. The highest BCUT2D eigenvalue weighted by atomic mass is 32.1. The lowest BCUT2D eigenvalue weighted by Gasteiger charge is -2.33. The van der Waals surface area contributed by atoms with Crippen molar-refractivity contribution in [3.8, 4) is 16.3 Å². The van der Waals surface area contributed by atoms with Crippen molar-refractivity contribution in [1.29, 1.82) is 0 Å². The highest BCUT2D eigenvalue weighted by Crippen LogP contribution is 2.33. The number of hydrogen-bond acceptors (Lipinski definition) is 11. The number of piperazine rings is 1. The molecule has 1 aromatic carbocycles. The number of pyridine rings is 1. The van der Waals surface area contributed by atoms with Gasteiger partial charge in [0.05, 0.1) is 13.1 Å². The minimum Gasteiger partial charge on any atom is -0.394 e. The number of carbonyl (C=O) groups excluding carboxylic acids is 1. The molecule has 2 N–H and O–H groups in total. The summed E-state index contributed by atoms with van der Waals surface area (Å²) in [5, 5.41) is 2.39. The second kappa shape index (κ2) is 8.96. The van der Waals surface area contributed by atoms with Crippen LogP contribution in [0.2, 0.25) is 0 Å². The Morgan fingerprint density at radius 3 is 2.58 bits per heavy atom. The summed E-state index contributed by atoms with van der Waals surface area (Å²) in [6, 6.07) is 11.0. The van der Waals surface area contributed by atoms with Gasteiger partial charge in [0.1, 0.15) is 16.3 Å². The minimum absolute atomic E-state index is 0.194. The van der Waals surface area contributed by atoms with E-state index in [0.717, 1.165) is 21.0 Å². The maximum absolute atomic E-state index is 12.1. The summed E-state index contributed by atoms with van der Waals surface area (Å²) >= 11 is 1.45. The Kier molecular flexibility index (Phi) is 5.71. The van der Waals surface area contributed by atoms with E-state index in [9.17, 15) is 4.79 Å². The Labute approximate surface area is 193 Å². The smallest absolute Gasteiger partial charge is 0.394 e. The number of nitrogens with zero attached hydrogens (tertiary/aromatic N) is 6. The summed E-state index contributed by atoms with van der Waals surface area (Å²) in [6.45, 7) is 4.07. The molecule has 3 aromatic heterocycles. The predicted molar refractivity (Wildman–Crippen MR) is 125 cm³/mol. The molecule has 0 amide bonds. The van der Waals surface area contributed by atoms with Crippen LogP contribution in [0.4, 0.5) is 16.6 Å². The van der Waals surface area contributed by atoms with E-state index in [1.54, 1.807) is 29.6 Å². The number of hydrogen-bond donors (Lipinski definition) is 1. The fourth-order valence-corrected chi connectivity index (χ4v) is 4.41. The maximum Gasteiger partial charge on any atom is 0.533 e. The zero-order valence-corrected chi connectivity index (χ0v) is 18.7. The number of nitrogen functional groups attached to an aromatic ring is 1. The van der Waals surface area contributed by atoms with Crippen LogP contribution in [0.25, 0.3) is 20.9 Å². The van der Waals surface area contributed by atoms with Crippen LogP contribution in [-0.4, -0.2) is 57.3 Å². The SMILES string of the molecule is Cc1ccc(OC(=O)ON2CCN(c3nc(N)nc4sc(-c5cccnc5)nc34)CC2)cc1. The molecule has 0 unspecified atom stereocenters. The number of anilines is 2. The van der Waals surface area contributed by atoms with Crippen LogP contribution in [0.15, 0.2) is 48.8 Å². The van der Waals surface area contributed by atoms with Gasteiger partial charge in [-0.3, -0.25) is 4.98 Å². The number of nitrogens with two attached hydrogens (primary N) is 1. The van der Waals surface area contributed by atoms with Crippen molar-refractivity contribution in [2.24, 2.45) is 0 Å². The average Bonchev–Trinajstić information content (AvgIpc) is 3.25. The first kappa shape index (κ1) is 21.0. The topological polar surface area (TPSA) is 120 Å². The molecule has 4 heterocycles. The Hall–Kier alpha value is -3.83. The van der Waals surface area contributed by atoms with Gasteiger partial charge in [0.15, 0.2) is 10.6 Å². The van der Waals surface area contributed by atoms with Gasteiger partial charge < -0.3 is 20.2 Å². The fraction of sp³-hybridized carbons (Fsp3) is 0.227. The number of ether oxygens (including phenoxy) is 1. The number of aromatic nitrogens is 4. The molecule has 33 heavy (non-hydrogen) atoms. The molecule has 10 nitrogen and oxygen atoms in total. The lowest BCUT2D eigenvalue weighted by molar-refractivity contribution is -0.118. The molecule has 0 saturated carbocycles. The van der Waals surface area contributed by atoms with Crippen molar-refractivity contribution >= 4 is 39.6 Å². The van der Waals surface area contributed by atoms with Crippen LogP contribution >= 0.6 is 11.3 Å². The van der Waals surface area contributed by atoms with Crippen LogP contribution in [0.5, 0.6) is 5.75 Å². The van der Waals surface area contributed by atoms with Gasteiger partial charge in [-0.25, -0.2) is 14.8 Å². The number of carbonyl (C=O) groups is 1. The minimum atomic E-state index is -0.762. The number of hydroxylamine groups is 2. The van der Waals surface area contributed by atoms with Crippen molar-refractivity contribution in [3.05, 3.63) is 54.4 Å². The summed E-state index contributed by atoms with van der Waals surface area (Å²) in [7, 11) is 0. The molecule has 0 radical (unpaired) electrons. The molecule has 1 fully saturated rings. The normalized spacial score (nSPS) is 14.4. The first-order valence-corrected chi connectivity index (χ1v) is 11.2. The van der Waals surface area contributed by atoms with Gasteiger partial charge in [-0.2, -0.15) is 4.98 Å². The van der Waals surface area contributed by atoms with Crippen LogP contribution < -0.4 is 15.4 Å². The maximum atomic E-state index is 12.1. The van der Waals surface area contributed by atoms with E-state index in [2.05, 4.69) is 19.9 Å². The van der Waals surface area contributed by atoms with E-state index in [-0.39, 0.29) is 5.95 Å². The number of rotatable bonds is 4. The van der Waals surface area contributed by atoms with E-state index in [1.165, 1.54) is 11.3 Å². The monoisotopic (exact) mass is 463 g/mol. The van der Waals surface area contributed by atoms with Crippen molar-refractivity contribution < 1.29 is 14.4 Å². The van der Waals surface area contributed by atoms with Crippen LogP contribution in [0.1, 0.15) is 5.56 Å². The van der Waals surface area contributed by atoms with Gasteiger partial charge in [-0.05, 0) is 31.2 Å². The van der Waals surface area contributed by atoms with Gasteiger partial charge in [-0.1, -0.05) is 29.0 Å². The summed E-state index contributed by atoms with van der Waals surface area (Å²) in [5.41, 5.74) is 8.67. The van der Waals surface area contributed by atoms with E-state index < -0.39 is 6.16 Å². The summed E-state index contributed by atoms with van der Waals surface area (Å²) in [5.74, 6) is 1.31. The van der Waals surface area contributed by atoms with Crippen molar-refractivity contribution in [3.63, 3.8) is 0 Å². The van der Waals surface area contributed by atoms with E-state index in [1.807, 2.05) is 31.2 Å². The quantitative estimate of drug-likeness (QED) is 0.356. The van der Waals surface area contributed by atoms with Gasteiger partial charge in [0.2, 0.25) is 5.95 Å². The van der Waals surface area contributed by atoms with Gasteiger partial charge in [-0.15, -0.1) is 5.06 Å². The third-order valence-corrected chi connectivity index (χ3v) is 6.13. The summed E-state index contributed by atoms with van der Waals surface area (Å²) in [6.07, 6.45) is 2.72. The van der Waals surface area contributed by atoms with E-state index >= 15 is 0 Å². The number of thiazole rings is 1. The lowest BCUT2D eigenvalue weighted by atomic mass is 10.2. The molecule has 5 rings (SSSR count). The molecule has 0 spiro atoms. The molecule has 1 saturated heterocycles. The van der Waals surface area contributed by atoms with Crippen molar-refractivity contribution in [1.82, 2.24) is 25.0 Å². The third kappa shape index (κ3) is 4.69. The van der Waals surface area contributed by atoms with Crippen LogP contribution in [0, 0.1) is 6.92 Å². The molecule has 1 aliphatic rings.